The molecule has 1 aromatic carbocycles. The molecule has 0 aliphatic heterocycles. The van der Waals surface area contributed by atoms with Crippen molar-refractivity contribution in [3.05, 3.63) is 42.2 Å². The molecule has 0 fully saturated rings. The van der Waals surface area contributed by atoms with E-state index in [0.717, 1.165) is 38.9 Å². The molecule has 0 saturated heterocycles. The Bertz CT molecular complexity index is 776. The van der Waals surface area contributed by atoms with E-state index in [9.17, 15) is 0 Å². The summed E-state index contributed by atoms with van der Waals surface area (Å²) in [5.41, 5.74) is 2.93. The molecule has 0 unspecified atom stereocenters. The van der Waals surface area contributed by atoms with E-state index in [1.807, 2.05) is 42.6 Å². The highest BCUT2D eigenvalue weighted by Crippen LogP contribution is 2.24. The van der Waals surface area contributed by atoms with Gasteiger partial charge in [-0.25, -0.2) is 9.97 Å². The second-order valence-electron chi connectivity index (χ2n) is 4.55. The molecule has 3 rings (SSSR count). The van der Waals surface area contributed by atoms with E-state index in [1.165, 1.54) is 0 Å². The van der Waals surface area contributed by atoms with Gasteiger partial charge in [0.15, 0.2) is 10.8 Å². The van der Waals surface area contributed by atoms with Gasteiger partial charge in [-0.15, -0.1) is 5.10 Å². The summed E-state index contributed by atoms with van der Waals surface area (Å²) in [5.74, 6) is 1.59. The quantitative estimate of drug-likeness (QED) is 0.416. The van der Waals surface area contributed by atoms with Crippen LogP contribution < -0.4 is 0 Å². The minimum atomic E-state index is 0.760. The third-order valence-electron chi connectivity index (χ3n) is 2.70. The van der Waals surface area contributed by atoms with E-state index in [-0.39, 0.29) is 0 Å². The van der Waals surface area contributed by atoms with Crippen LogP contribution in [0.3, 0.4) is 0 Å². The Morgan fingerprint density at radius 2 is 2.11 bits per heavy atom. The molecular weight excluding hydrogens is 256 g/mol. The molecule has 96 valence electrons. The average molecular weight is 270 g/mol. The number of rotatable bonds is 3. The predicted molar refractivity (Wildman–Crippen MR) is 78.6 cm³/mol. The van der Waals surface area contributed by atoms with Crippen LogP contribution in [0.15, 0.2) is 41.6 Å². The third kappa shape index (κ3) is 2.21. The largest absolute Gasteiger partial charge is 0.222 e. The van der Waals surface area contributed by atoms with E-state index in [2.05, 4.69) is 21.6 Å². The zero-order valence-electron chi connectivity index (χ0n) is 10.9. The van der Waals surface area contributed by atoms with Crippen molar-refractivity contribution in [2.24, 2.45) is 0 Å². The Morgan fingerprint density at radius 3 is 2.89 bits per heavy atom. The maximum atomic E-state index is 4.67. The van der Waals surface area contributed by atoms with Crippen molar-refractivity contribution in [2.75, 3.05) is 5.75 Å². The first-order valence-corrected chi connectivity index (χ1v) is 7.03. The summed E-state index contributed by atoms with van der Waals surface area (Å²) in [6.07, 6.45) is 0. The summed E-state index contributed by atoms with van der Waals surface area (Å²) in [6, 6.07) is 8.01. The van der Waals surface area contributed by atoms with E-state index in [4.69, 9.17) is 0 Å². The van der Waals surface area contributed by atoms with Gasteiger partial charge in [-0.05, 0) is 26.0 Å². The highest BCUT2D eigenvalue weighted by molar-refractivity contribution is 7.99. The summed E-state index contributed by atoms with van der Waals surface area (Å²) in [7, 11) is 0. The van der Waals surface area contributed by atoms with Crippen LogP contribution >= 0.6 is 11.8 Å². The molecule has 5 heteroatoms. The van der Waals surface area contributed by atoms with Gasteiger partial charge in [-0.2, -0.15) is 4.52 Å². The summed E-state index contributed by atoms with van der Waals surface area (Å²) < 4.78 is 1.82. The number of nitrogens with zero attached hydrogens (tertiary/aromatic N) is 4. The molecule has 0 N–H and O–H groups in total. The maximum absolute atomic E-state index is 4.67. The number of aromatic nitrogens is 4. The van der Waals surface area contributed by atoms with E-state index >= 15 is 0 Å². The molecule has 0 bridgehead atoms. The molecule has 19 heavy (non-hydrogen) atoms. The summed E-state index contributed by atoms with van der Waals surface area (Å²) in [6.45, 7) is 7.83. The molecule has 0 amide bonds. The van der Waals surface area contributed by atoms with Crippen molar-refractivity contribution in [1.82, 2.24) is 19.6 Å². The van der Waals surface area contributed by atoms with Gasteiger partial charge in [-0.1, -0.05) is 36.0 Å². The zero-order chi connectivity index (χ0) is 13.4. The van der Waals surface area contributed by atoms with Crippen molar-refractivity contribution in [3.63, 3.8) is 0 Å². The smallest absolute Gasteiger partial charge is 0.191 e. The minimum absolute atomic E-state index is 0.760. The number of aryl methyl sites for hydroxylation is 1. The Hall–Kier alpha value is -1.88. The zero-order valence-corrected chi connectivity index (χ0v) is 11.7. The molecule has 0 aliphatic carbocycles. The first kappa shape index (κ1) is 12.2. The lowest BCUT2D eigenvalue weighted by Gasteiger charge is -2.05. The van der Waals surface area contributed by atoms with Gasteiger partial charge in [0.25, 0.3) is 0 Å². The van der Waals surface area contributed by atoms with Crippen molar-refractivity contribution in [2.45, 2.75) is 19.0 Å². The number of hydrogen-bond acceptors (Lipinski definition) is 4. The molecule has 0 saturated carbocycles. The summed E-state index contributed by atoms with van der Waals surface area (Å²) in [5, 5.41) is 6.32. The van der Waals surface area contributed by atoms with Crippen molar-refractivity contribution < 1.29 is 0 Å². The van der Waals surface area contributed by atoms with Gasteiger partial charge >= 0.3 is 0 Å². The fourth-order valence-electron chi connectivity index (χ4n) is 1.91. The average Bonchev–Trinajstić information content (AvgIpc) is 2.77. The third-order valence-corrected chi connectivity index (χ3v) is 3.86. The number of fused-ring (bicyclic) bond motifs is 3. The van der Waals surface area contributed by atoms with Crippen molar-refractivity contribution in [1.29, 1.82) is 0 Å². The van der Waals surface area contributed by atoms with Gasteiger partial charge in [0.1, 0.15) is 5.82 Å². The van der Waals surface area contributed by atoms with E-state index in [0.29, 0.717) is 0 Å². The number of thioether (sulfide) groups is 1. The molecular formula is C14H14N4S. The van der Waals surface area contributed by atoms with Crippen LogP contribution in [0.5, 0.6) is 0 Å². The van der Waals surface area contributed by atoms with Crippen LogP contribution in [0.4, 0.5) is 0 Å². The topological polar surface area (TPSA) is 43.1 Å². The molecule has 2 aromatic heterocycles. The Balaban J connectivity index is 2.26. The van der Waals surface area contributed by atoms with E-state index in [1.54, 1.807) is 11.8 Å². The maximum Gasteiger partial charge on any atom is 0.191 e. The molecule has 0 spiro atoms. The number of hydrogen-bond donors (Lipinski definition) is 0. The SMILES string of the molecule is C=C(C)CSc1nc2ccccc2c2nc(C)nn12. The molecule has 0 aliphatic rings. The summed E-state index contributed by atoms with van der Waals surface area (Å²) >= 11 is 1.64. The second-order valence-corrected chi connectivity index (χ2v) is 5.49. The Morgan fingerprint density at radius 1 is 1.32 bits per heavy atom. The lowest BCUT2D eigenvalue weighted by atomic mass is 10.2. The van der Waals surface area contributed by atoms with Crippen molar-refractivity contribution in [3.8, 4) is 0 Å². The van der Waals surface area contributed by atoms with Crippen LogP contribution in [-0.4, -0.2) is 25.3 Å². The van der Waals surface area contributed by atoms with Gasteiger partial charge in [0, 0.05) is 11.1 Å². The fourth-order valence-corrected chi connectivity index (χ4v) is 2.70. The Kier molecular flexibility index (Phi) is 2.98. The van der Waals surface area contributed by atoms with Crippen LogP contribution in [-0.2, 0) is 0 Å². The minimum Gasteiger partial charge on any atom is -0.222 e. The molecule has 2 heterocycles. The van der Waals surface area contributed by atoms with Crippen LogP contribution in [0.1, 0.15) is 12.7 Å². The first-order chi connectivity index (χ1) is 9.15. The van der Waals surface area contributed by atoms with Crippen molar-refractivity contribution >= 4 is 28.3 Å². The summed E-state index contributed by atoms with van der Waals surface area (Å²) in [4.78, 5) is 9.18. The Labute approximate surface area is 115 Å². The molecule has 4 nitrogen and oxygen atoms in total. The monoisotopic (exact) mass is 270 g/mol. The molecule has 3 aromatic rings. The highest BCUT2D eigenvalue weighted by Gasteiger charge is 2.11. The first-order valence-electron chi connectivity index (χ1n) is 6.04. The van der Waals surface area contributed by atoms with Gasteiger partial charge in [0.05, 0.1) is 5.52 Å². The van der Waals surface area contributed by atoms with Crippen LogP contribution in [0.25, 0.3) is 16.6 Å². The van der Waals surface area contributed by atoms with Gasteiger partial charge in [0.2, 0.25) is 0 Å². The van der Waals surface area contributed by atoms with Gasteiger partial charge < -0.3 is 0 Å². The van der Waals surface area contributed by atoms with Crippen LogP contribution in [0.2, 0.25) is 0 Å². The normalized spacial score (nSPS) is 11.3. The number of benzene rings is 1. The van der Waals surface area contributed by atoms with E-state index < -0.39 is 0 Å². The predicted octanol–water partition coefficient (Wildman–Crippen LogP) is 3.25. The fraction of sp³-hybridized carbons (Fsp3) is 0.214. The lowest BCUT2D eigenvalue weighted by molar-refractivity contribution is 0.797. The standard InChI is InChI=1S/C14H14N4S/c1-9(2)8-19-14-16-12-7-5-4-6-11(12)13-15-10(3)17-18(13)14/h4-7H,1,8H2,2-3H3. The molecule has 0 atom stereocenters. The second kappa shape index (κ2) is 4.66. The highest BCUT2D eigenvalue weighted by atomic mass is 32.2. The van der Waals surface area contributed by atoms with Crippen LogP contribution in [0, 0.1) is 6.92 Å². The number of para-hydroxylation sites is 1. The lowest BCUT2D eigenvalue weighted by Crippen LogP contribution is -1.99. The van der Waals surface area contributed by atoms with Gasteiger partial charge in [-0.3, -0.25) is 0 Å². The molecule has 0 radical (unpaired) electrons.